The lowest BCUT2D eigenvalue weighted by molar-refractivity contribution is 0.354. The van der Waals surface area contributed by atoms with Crippen LogP contribution in [0.5, 0.6) is 11.5 Å². The Balaban J connectivity index is 2.46. The Hall–Kier alpha value is -2.01. The quantitative estimate of drug-likeness (QED) is 0.592. The Labute approximate surface area is 99.9 Å². The highest BCUT2D eigenvalue weighted by atomic mass is 16.5. The molecule has 1 aromatic rings. The molecule has 0 saturated heterocycles. The number of hydrogen-bond donors (Lipinski definition) is 2. The zero-order valence-electron chi connectivity index (χ0n) is 9.86. The van der Waals surface area contributed by atoms with E-state index in [4.69, 9.17) is 15.3 Å². The summed E-state index contributed by atoms with van der Waals surface area (Å²) < 4.78 is 10.5. The Morgan fingerprint density at radius 3 is 2.59 bits per heavy atom. The minimum absolute atomic E-state index is 0.638. The van der Waals surface area contributed by atoms with Crippen molar-refractivity contribution in [3.63, 3.8) is 0 Å². The van der Waals surface area contributed by atoms with Crippen LogP contribution in [0.2, 0.25) is 0 Å². The summed E-state index contributed by atoms with van der Waals surface area (Å²) in [5, 5.41) is 0. The third-order valence-electron chi connectivity index (χ3n) is 2.65. The van der Waals surface area contributed by atoms with Crippen molar-refractivity contribution in [1.29, 1.82) is 0 Å². The van der Waals surface area contributed by atoms with Crippen molar-refractivity contribution in [2.45, 2.75) is 6.42 Å². The van der Waals surface area contributed by atoms with Crippen LogP contribution >= 0.6 is 0 Å². The molecular formula is C12H15N3O2. The largest absolute Gasteiger partial charge is 0.493 e. The number of amidine groups is 1. The van der Waals surface area contributed by atoms with Gasteiger partial charge in [0.25, 0.3) is 0 Å². The van der Waals surface area contributed by atoms with Crippen LogP contribution in [-0.4, -0.2) is 20.1 Å². The normalized spacial score (nSPS) is 13.5. The summed E-state index contributed by atoms with van der Waals surface area (Å²) in [5.41, 5.74) is 4.72. The number of nitrogens with one attached hydrogen (secondary N) is 1. The Morgan fingerprint density at radius 1 is 1.24 bits per heavy atom. The number of nitrogens with two attached hydrogens (primary N) is 1. The number of ether oxygens (including phenoxy) is 2. The lowest BCUT2D eigenvalue weighted by atomic mass is 10.0. The van der Waals surface area contributed by atoms with Crippen LogP contribution in [0, 0.1) is 0 Å². The Bertz CT molecular complexity index is 481. The molecule has 1 aliphatic heterocycles. The average Bonchev–Trinajstić information content (AvgIpc) is 2.57. The molecule has 0 atom stereocenters. The molecule has 5 nitrogen and oxygen atoms in total. The minimum Gasteiger partial charge on any atom is -0.493 e. The smallest absolute Gasteiger partial charge is 0.161 e. The van der Waals surface area contributed by atoms with E-state index < -0.39 is 0 Å². The summed E-state index contributed by atoms with van der Waals surface area (Å²) in [6.45, 7) is 0. The summed E-state index contributed by atoms with van der Waals surface area (Å²) >= 11 is 0. The van der Waals surface area contributed by atoms with Gasteiger partial charge in [0, 0.05) is 12.6 Å². The van der Waals surface area contributed by atoms with Gasteiger partial charge in [0.2, 0.25) is 0 Å². The molecule has 0 amide bonds. The number of nitrogens with zero attached hydrogens (tertiary/aromatic N) is 1. The molecule has 0 fully saturated rings. The molecule has 0 bridgehead atoms. The fraction of sp³-hybridized carbons (Fsp3) is 0.250. The second-order valence-corrected chi connectivity index (χ2v) is 3.62. The molecule has 0 aliphatic carbocycles. The molecule has 0 aromatic heterocycles. The van der Waals surface area contributed by atoms with E-state index >= 15 is 0 Å². The molecule has 3 N–H and O–H groups in total. The van der Waals surface area contributed by atoms with Crippen LogP contribution in [0.3, 0.4) is 0 Å². The summed E-state index contributed by atoms with van der Waals surface area (Å²) in [6, 6.07) is 3.87. The number of aliphatic imine (C=N–C) groups is 1. The van der Waals surface area contributed by atoms with Crippen molar-refractivity contribution in [2.75, 3.05) is 14.2 Å². The van der Waals surface area contributed by atoms with E-state index in [2.05, 4.69) is 10.4 Å². The van der Waals surface area contributed by atoms with Crippen LogP contribution in [0.1, 0.15) is 11.1 Å². The SMILES string of the molecule is COc1cc2c(cc1OC)CC(NN)=NC=C2. The third kappa shape index (κ3) is 2.24. The minimum atomic E-state index is 0.638. The van der Waals surface area contributed by atoms with Crippen molar-refractivity contribution in [3.05, 3.63) is 29.5 Å². The van der Waals surface area contributed by atoms with E-state index in [0.29, 0.717) is 23.8 Å². The first kappa shape index (κ1) is 11.5. The number of hydrazine groups is 1. The van der Waals surface area contributed by atoms with E-state index in [0.717, 1.165) is 11.1 Å². The average molecular weight is 233 g/mol. The standard InChI is InChI=1S/C12H15N3O2/c1-16-10-5-8-3-4-14-12(15-13)7-9(8)6-11(10)17-2/h3-6H,7,13H2,1-2H3,(H,14,15). The van der Waals surface area contributed by atoms with Crippen molar-refractivity contribution < 1.29 is 9.47 Å². The molecule has 90 valence electrons. The van der Waals surface area contributed by atoms with Crippen LogP contribution in [0.25, 0.3) is 6.08 Å². The molecule has 17 heavy (non-hydrogen) atoms. The fourth-order valence-electron chi connectivity index (χ4n) is 1.77. The van der Waals surface area contributed by atoms with Crippen molar-refractivity contribution in [2.24, 2.45) is 10.8 Å². The van der Waals surface area contributed by atoms with Crippen LogP contribution in [-0.2, 0) is 6.42 Å². The molecule has 0 spiro atoms. The molecule has 1 aromatic carbocycles. The second kappa shape index (κ2) is 4.88. The second-order valence-electron chi connectivity index (χ2n) is 3.62. The first-order chi connectivity index (χ1) is 8.28. The Kier molecular flexibility index (Phi) is 3.30. The van der Waals surface area contributed by atoms with Gasteiger partial charge in [-0.3, -0.25) is 0 Å². The molecule has 0 saturated carbocycles. The van der Waals surface area contributed by atoms with Gasteiger partial charge in [0.05, 0.1) is 14.2 Å². The molecule has 2 rings (SSSR count). The van der Waals surface area contributed by atoms with Gasteiger partial charge in [-0.2, -0.15) is 0 Å². The predicted octanol–water partition coefficient (Wildman–Crippen LogP) is 1.09. The van der Waals surface area contributed by atoms with Gasteiger partial charge < -0.3 is 14.9 Å². The molecule has 1 heterocycles. The molecular weight excluding hydrogens is 218 g/mol. The molecule has 1 aliphatic rings. The number of hydrogen-bond acceptors (Lipinski definition) is 5. The van der Waals surface area contributed by atoms with Gasteiger partial charge in [0.15, 0.2) is 11.5 Å². The highest BCUT2D eigenvalue weighted by Crippen LogP contribution is 2.32. The van der Waals surface area contributed by atoms with Crippen molar-refractivity contribution in [1.82, 2.24) is 5.43 Å². The van der Waals surface area contributed by atoms with Crippen LogP contribution in [0.4, 0.5) is 0 Å². The number of fused-ring (bicyclic) bond motifs is 1. The maximum absolute atomic E-state index is 5.39. The van der Waals surface area contributed by atoms with E-state index in [9.17, 15) is 0 Å². The Morgan fingerprint density at radius 2 is 1.94 bits per heavy atom. The fourth-order valence-corrected chi connectivity index (χ4v) is 1.77. The van der Waals surface area contributed by atoms with E-state index in [1.54, 1.807) is 20.4 Å². The zero-order valence-corrected chi connectivity index (χ0v) is 9.86. The summed E-state index contributed by atoms with van der Waals surface area (Å²) in [6.07, 6.45) is 4.27. The summed E-state index contributed by atoms with van der Waals surface area (Å²) in [7, 11) is 3.24. The maximum Gasteiger partial charge on any atom is 0.161 e. The lowest BCUT2D eigenvalue weighted by Gasteiger charge is -2.12. The highest BCUT2D eigenvalue weighted by molar-refractivity contribution is 5.87. The number of rotatable bonds is 2. The van der Waals surface area contributed by atoms with Crippen molar-refractivity contribution >= 4 is 11.9 Å². The first-order valence-corrected chi connectivity index (χ1v) is 5.23. The maximum atomic E-state index is 5.39. The van der Waals surface area contributed by atoms with Gasteiger partial charge in [-0.1, -0.05) is 0 Å². The molecule has 5 heteroatoms. The van der Waals surface area contributed by atoms with Gasteiger partial charge in [-0.05, 0) is 29.3 Å². The van der Waals surface area contributed by atoms with E-state index in [1.165, 1.54) is 0 Å². The van der Waals surface area contributed by atoms with Gasteiger partial charge >= 0.3 is 0 Å². The highest BCUT2D eigenvalue weighted by Gasteiger charge is 2.12. The van der Waals surface area contributed by atoms with E-state index in [1.807, 2.05) is 18.2 Å². The summed E-state index contributed by atoms with van der Waals surface area (Å²) in [4.78, 5) is 4.19. The van der Waals surface area contributed by atoms with Crippen molar-refractivity contribution in [3.8, 4) is 11.5 Å². The number of methoxy groups -OCH3 is 2. The van der Waals surface area contributed by atoms with Crippen LogP contribution < -0.4 is 20.7 Å². The third-order valence-corrected chi connectivity index (χ3v) is 2.65. The monoisotopic (exact) mass is 233 g/mol. The zero-order chi connectivity index (χ0) is 12.3. The molecule has 0 radical (unpaired) electrons. The molecule has 0 unspecified atom stereocenters. The first-order valence-electron chi connectivity index (χ1n) is 5.23. The lowest BCUT2D eigenvalue weighted by Crippen LogP contribution is -2.31. The van der Waals surface area contributed by atoms with Crippen LogP contribution in [0.15, 0.2) is 23.3 Å². The van der Waals surface area contributed by atoms with E-state index in [-0.39, 0.29) is 0 Å². The van der Waals surface area contributed by atoms with Gasteiger partial charge in [-0.25, -0.2) is 10.8 Å². The van der Waals surface area contributed by atoms with Gasteiger partial charge in [-0.15, -0.1) is 0 Å². The van der Waals surface area contributed by atoms with Gasteiger partial charge in [0.1, 0.15) is 5.84 Å². The topological polar surface area (TPSA) is 68.9 Å². The summed E-state index contributed by atoms with van der Waals surface area (Å²) in [5.74, 6) is 7.52. The predicted molar refractivity (Wildman–Crippen MR) is 67.0 cm³/mol. The number of benzene rings is 1.